The standard InChI is InChI=1S/C18H21FN4O3/c1-22(12-14-3-2-4-15(19)11-14)13-18(24)21-10-9-20-16-5-7-17(8-6-16)23(25)26/h2-8,11,20H,9-10,12-13H2,1H3,(H,21,24). The molecule has 0 fully saturated rings. The first-order chi connectivity index (χ1) is 12.4. The first-order valence-electron chi connectivity index (χ1n) is 8.12. The van der Waals surface area contributed by atoms with Crippen molar-refractivity contribution in [1.82, 2.24) is 10.2 Å². The largest absolute Gasteiger partial charge is 0.383 e. The Kier molecular flexibility index (Phi) is 7.04. The first-order valence-corrected chi connectivity index (χ1v) is 8.12. The molecule has 2 aromatic carbocycles. The van der Waals surface area contributed by atoms with E-state index in [-0.39, 0.29) is 24.0 Å². The van der Waals surface area contributed by atoms with Crippen LogP contribution in [0.3, 0.4) is 0 Å². The van der Waals surface area contributed by atoms with Gasteiger partial charge in [0, 0.05) is 37.5 Å². The van der Waals surface area contributed by atoms with E-state index in [1.54, 1.807) is 30.1 Å². The van der Waals surface area contributed by atoms with Gasteiger partial charge in [-0.2, -0.15) is 0 Å². The molecule has 0 radical (unpaired) electrons. The molecule has 26 heavy (non-hydrogen) atoms. The summed E-state index contributed by atoms with van der Waals surface area (Å²) in [7, 11) is 1.79. The van der Waals surface area contributed by atoms with Crippen molar-refractivity contribution >= 4 is 17.3 Å². The number of hydrogen-bond donors (Lipinski definition) is 2. The molecule has 0 heterocycles. The smallest absolute Gasteiger partial charge is 0.269 e. The Labute approximate surface area is 151 Å². The van der Waals surface area contributed by atoms with Gasteiger partial charge in [-0.3, -0.25) is 19.8 Å². The molecule has 2 aromatic rings. The monoisotopic (exact) mass is 360 g/mol. The number of nitro groups is 1. The topological polar surface area (TPSA) is 87.5 Å². The summed E-state index contributed by atoms with van der Waals surface area (Å²) in [5.41, 5.74) is 1.58. The van der Waals surface area contributed by atoms with Crippen molar-refractivity contribution < 1.29 is 14.1 Å². The molecule has 0 saturated heterocycles. The Morgan fingerprint density at radius 2 is 1.92 bits per heavy atom. The van der Waals surface area contributed by atoms with Crippen molar-refractivity contribution in [2.75, 3.05) is 32.0 Å². The van der Waals surface area contributed by atoms with E-state index in [9.17, 15) is 19.3 Å². The molecule has 0 saturated carbocycles. The molecule has 2 N–H and O–H groups in total. The van der Waals surface area contributed by atoms with Gasteiger partial charge in [-0.05, 0) is 36.9 Å². The summed E-state index contributed by atoms with van der Waals surface area (Å²) >= 11 is 0. The van der Waals surface area contributed by atoms with Gasteiger partial charge in [-0.15, -0.1) is 0 Å². The molecule has 0 unspecified atom stereocenters. The summed E-state index contributed by atoms with van der Waals surface area (Å²) in [5.74, 6) is -0.424. The van der Waals surface area contributed by atoms with Gasteiger partial charge < -0.3 is 10.6 Å². The van der Waals surface area contributed by atoms with Crippen molar-refractivity contribution in [2.45, 2.75) is 6.54 Å². The van der Waals surface area contributed by atoms with E-state index in [1.807, 2.05) is 6.07 Å². The number of amides is 1. The quantitative estimate of drug-likeness (QED) is 0.407. The molecule has 7 nitrogen and oxygen atoms in total. The van der Waals surface area contributed by atoms with Gasteiger partial charge in [0.15, 0.2) is 0 Å². The average molecular weight is 360 g/mol. The molecule has 0 aliphatic heterocycles. The fraction of sp³-hybridized carbons (Fsp3) is 0.278. The highest BCUT2D eigenvalue weighted by atomic mass is 19.1. The van der Waals surface area contributed by atoms with E-state index < -0.39 is 4.92 Å². The van der Waals surface area contributed by atoms with E-state index >= 15 is 0 Å². The fourth-order valence-corrected chi connectivity index (χ4v) is 2.41. The van der Waals surface area contributed by atoms with Gasteiger partial charge in [-0.1, -0.05) is 12.1 Å². The number of likely N-dealkylation sites (N-methyl/N-ethyl adjacent to an activating group) is 1. The second-order valence-corrected chi connectivity index (χ2v) is 5.88. The number of nitro benzene ring substituents is 1. The number of nitrogens with zero attached hydrogens (tertiary/aromatic N) is 2. The van der Waals surface area contributed by atoms with Gasteiger partial charge in [0.2, 0.25) is 5.91 Å². The molecular weight excluding hydrogens is 339 g/mol. The van der Waals surface area contributed by atoms with Crippen LogP contribution in [0.1, 0.15) is 5.56 Å². The number of benzene rings is 2. The number of carbonyl (C=O) groups is 1. The van der Waals surface area contributed by atoms with Gasteiger partial charge in [0.05, 0.1) is 11.5 Å². The summed E-state index contributed by atoms with van der Waals surface area (Å²) in [5, 5.41) is 16.4. The Balaban J connectivity index is 1.66. The molecule has 0 atom stereocenters. The van der Waals surface area contributed by atoms with Crippen molar-refractivity contribution in [3.05, 3.63) is 70.0 Å². The lowest BCUT2D eigenvalue weighted by atomic mass is 10.2. The van der Waals surface area contributed by atoms with Crippen molar-refractivity contribution in [3.8, 4) is 0 Å². The summed E-state index contributed by atoms with van der Waals surface area (Å²) in [6, 6.07) is 12.4. The molecular formula is C18H21FN4O3. The Hall–Kier alpha value is -3.00. The predicted molar refractivity (Wildman–Crippen MR) is 97.3 cm³/mol. The van der Waals surface area contributed by atoms with Crippen LogP contribution in [0.2, 0.25) is 0 Å². The molecule has 8 heteroatoms. The van der Waals surface area contributed by atoms with E-state index in [4.69, 9.17) is 0 Å². The summed E-state index contributed by atoms with van der Waals surface area (Å²) < 4.78 is 13.1. The minimum atomic E-state index is -0.454. The minimum Gasteiger partial charge on any atom is -0.383 e. The first kappa shape index (κ1) is 19.3. The van der Waals surface area contributed by atoms with Crippen molar-refractivity contribution in [1.29, 1.82) is 0 Å². The third-order valence-electron chi connectivity index (χ3n) is 3.61. The summed E-state index contributed by atoms with van der Waals surface area (Å²) in [4.78, 5) is 23.8. The molecule has 0 aliphatic rings. The fourth-order valence-electron chi connectivity index (χ4n) is 2.41. The Bertz CT molecular complexity index is 752. The van der Waals surface area contributed by atoms with E-state index in [2.05, 4.69) is 10.6 Å². The molecule has 0 spiro atoms. The average Bonchev–Trinajstić information content (AvgIpc) is 2.59. The molecule has 1 amide bonds. The number of anilines is 1. The zero-order valence-electron chi connectivity index (χ0n) is 14.4. The number of hydrogen-bond acceptors (Lipinski definition) is 5. The second-order valence-electron chi connectivity index (χ2n) is 5.88. The number of carbonyl (C=O) groups excluding carboxylic acids is 1. The second kappa shape index (κ2) is 9.47. The summed E-state index contributed by atoms with van der Waals surface area (Å²) in [6.45, 7) is 1.60. The Morgan fingerprint density at radius 1 is 1.19 bits per heavy atom. The van der Waals surface area contributed by atoms with Crippen LogP contribution < -0.4 is 10.6 Å². The Morgan fingerprint density at radius 3 is 2.58 bits per heavy atom. The predicted octanol–water partition coefficient (Wildman–Crippen LogP) is 2.39. The zero-order chi connectivity index (χ0) is 18.9. The highest BCUT2D eigenvalue weighted by Crippen LogP contribution is 2.14. The maximum atomic E-state index is 13.1. The third kappa shape index (κ3) is 6.48. The molecule has 0 aliphatic carbocycles. The maximum Gasteiger partial charge on any atom is 0.269 e. The van der Waals surface area contributed by atoms with Crippen LogP contribution in [-0.2, 0) is 11.3 Å². The number of non-ortho nitro benzene ring substituents is 1. The van der Waals surface area contributed by atoms with Crippen LogP contribution in [0.15, 0.2) is 48.5 Å². The number of rotatable bonds is 9. The molecule has 2 rings (SSSR count). The normalized spacial score (nSPS) is 10.6. The van der Waals surface area contributed by atoms with Gasteiger partial charge in [-0.25, -0.2) is 4.39 Å². The maximum absolute atomic E-state index is 13.1. The third-order valence-corrected chi connectivity index (χ3v) is 3.61. The highest BCUT2D eigenvalue weighted by molar-refractivity contribution is 5.78. The van der Waals surface area contributed by atoms with Crippen LogP contribution in [-0.4, -0.2) is 42.4 Å². The van der Waals surface area contributed by atoms with Crippen LogP contribution in [0.25, 0.3) is 0 Å². The van der Waals surface area contributed by atoms with Gasteiger partial charge in [0.1, 0.15) is 5.82 Å². The van der Waals surface area contributed by atoms with Crippen LogP contribution in [0.4, 0.5) is 15.8 Å². The molecule has 0 bridgehead atoms. The lowest BCUT2D eigenvalue weighted by Gasteiger charge is -2.16. The lowest BCUT2D eigenvalue weighted by molar-refractivity contribution is -0.384. The SMILES string of the molecule is CN(CC(=O)NCCNc1ccc([N+](=O)[O-])cc1)Cc1cccc(F)c1. The highest BCUT2D eigenvalue weighted by Gasteiger charge is 2.07. The zero-order valence-corrected chi connectivity index (χ0v) is 14.4. The van der Waals surface area contributed by atoms with Crippen LogP contribution >= 0.6 is 0 Å². The summed E-state index contributed by atoms with van der Waals surface area (Å²) in [6.07, 6.45) is 0. The van der Waals surface area contributed by atoms with E-state index in [0.29, 0.717) is 19.6 Å². The molecule has 0 aromatic heterocycles. The number of nitrogens with one attached hydrogen (secondary N) is 2. The minimum absolute atomic E-state index is 0.0326. The molecule has 138 valence electrons. The van der Waals surface area contributed by atoms with Crippen LogP contribution in [0, 0.1) is 15.9 Å². The van der Waals surface area contributed by atoms with E-state index in [1.165, 1.54) is 24.3 Å². The van der Waals surface area contributed by atoms with Gasteiger partial charge in [0.25, 0.3) is 5.69 Å². The van der Waals surface area contributed by atoms with Crippen molar-refractivity contribution in [2.24, 2.45) is 0 Å². The van der Waals surface area contributed by atoms with Crippen molar-refractivity contribution in [3.63, 3.8) is 0 Å². The van der Waals surface area contributed by atoms with E-state index in [0.717, 1.165) is 11.3 Å². The number of halogens is 1. The van der Waals surface area contributed by atoms with Crippen LogP contribution in [0.5, 0.6) is 0 Å². The van der Waals surface area contributed by atoms with Gasteiger partial charge >= 0.3 is 0 Å². The lowest BCUT2D eigenvalue weighted by Crippen LogP contribution is -2.37.